The molecule has 1 aliphatic rings. The molecule has 0 aromatic carbocycles. The third-order valence-electron chi connectivity index (χ3n) is 3.28. The van der Waals surface area contributed by atoms with E-state index in [-0.39, 0.29) is 13.2 Å². The fourth-order valence-corrected chi connectivity index (χ4v) is 1.99. The molecular weight excluding hydrogens is 284 g/mol. The van der Waals surface area contributed by atoms with Crippen molar-refractivity contribution in [2.75, 3.05) is 26.4 Å². The topological polar surface area (TPSA) is 129 Å². The number of unbranched alkanes of at least 4 members (excludes halogenated alkanes) is 1. The van der Waals surface area contributed by atoms with Crippen LogP contribution in [-0.4, -0.2) is 88.8 Å². The van der Waals surface area contributed by atoms with E-state index >= 15 is 0 Å². The average molecular weight is 310 g/mol. The minimum atomic E-state index is -1.49. The summed E-state index contributed by atoms with van der Waals surface area (Å²) < 4.78 is 15.3. The van der Waals surface area contributed by atoms with Crippen molar-refractivity contribution in [3.63, 3.8) is 0 Å². The van der Waals surface area contributed by atoms with Gasteiger partial charge in [-0.25, -0.2) is 0 Å². The molecule has 0 spiro atoms. The molecule has 1 unspecified atom stereocenters. The summed E-state index contributed by atoms with van der Waals surface area (Å²) in [6, 6.07) is 0. The van der Waals surface area contributed by atoms with Crippen LogP contribution in [0.5, 0.6) is 0 Å². The van der Waals surface area contributed by atoms with Gasteiger partial charge in [0, 0.05) is 6.61 Å². The van der Waals surface area contributed by atoms with Gasteiger partial charge in [0.05, 0.1) is 19.8 Å². The first-order valence-corrected chi connectivity index (χ1v) is 7.19. The Morgan fingerprint density at radius 2 is 1.86 bits per heavy atom. The van der Waals surface area contributed by atoms with Gasteiger partial charge in [-0.2, -0.15) is 0 Å². The Bertz CT molecular complexity index is 277. The Morgan fingerprint density at radius 3 is 2.48 bits per heavy atom. The van der Waals surface area contributed by atoms with Crippen LogP contribution >= 0.6 is 0 Å². The number of aliphatic hydroxyl groups excluding tert-OH is 5. The molecule has 0 amide bonds. The molecule has 8 heteroatoms. The van der Waals surface area contributed by atoms with Gasteiger partial charge in [-0.05, 0) is 6.42 Å². The fraction of sp³-hybridized carbons (Fsp3) is 1.00. The van der Waals surface area contributed by atoms with E-state index in [2.05, 4.69) is 0 Å². The third kappa shape index (κ3) is 5.76. The largest absolute Gasteiger partial charge is 0.394 e. The monoisotopic (exact) mass is 310 g/mol. The fourth-order valence-electron chi connectivity index (χ4n) is 1.99. The maximum absolute atomic E-state index is 9.83. The molecule has 6 atom stereocenters. The van der Waals surface area contributed by atoms with E-state index in [9.17, 15) is 20.4 Å². The molecule has 126 valence electrons. The second-order valence-corrected chi connectivity index (χ2v) is 5.11. The van der Waals surface area contributed by atoms with Crippen molar-refractivity contribution in [3.05, 3.63) is 0 Å². The minimum absolute atomic E-state index is 0.0849. The third-order valence-corrected chi connectivity index (χ3v) is 3.28. The Morgan fingerprint density at radius 1 is 1.14 bits per heavy atom. The standard InChI is InChI=1S/C13H26O8/c1-2-3-4-19-6-8(15)7-20-12-11(17)10(16)9(5-14)21-13(12)18/h8-18H,2-7H2,1H3/t8?,9-,10-,11+,12-,13-/m1/s1. The van der Waals surface area contributed by atoms with Crippen LogP contribution < -0.4 is 0 Å². The van der Waals surface area contributed by atoms with Crippen LogP contribution in [0.1, 0.15) is 19.8 Å². The van der Waals surface area contributed by atoms with Gasteiger partial charge in [0.2, 0.25) is 0 Å². The summed E-state index contributed by atoms with van der Waals surface area (Å²) in [5, 5.41) is 47.8. The first kappa shape index (κ1) is 18.7. The summed E-state index contributed by atoms with van der Waals surface area (Å²) in [5.74, 6) is 0. The summed E-state index contributed by atoms with van der Waals surface area (Å²) in [4.78, 5) is 0. The molecule has 0 radical (unpaired) electrons. The summed E-state index contributed by atoms with van der Waals surface area (Å²) in [6.45, 7) is 1.95. The van der Waals surface area contributed by atoms with Crippen molar-refractivity contribution < 1.29 is 39.7 Å². The molecule has 1 fully saturated rings. The molecule has 0 aromatic heterocycles. The predicted octanol–water partition coefficient (Wildman–Crippen LogP) is -2.02. The summed E-state index contributed by atoms with van der Waals surface area (Å²) >= 11 is 0. The molecule has 0 bridgehead atoms. The Kier molecular flexibility index (Phi) is 8.60. The first-order valence-electron chi connectivity index (χ1n) is 7.19. The van der Waals surface area contributed by atoms with E-state index in [1.54, 1.807) is 0 Å². The number of rotatable bonds is 9. The highest BCUT2D eigenvalue weighted by Crippen LogP contribution is 2.22. The summed E-state index contributed by atoms with van der Waals surface area (Å²) in [5.41, 5.74) is 0. The lowest BCUT2D eigenvalue weighted by molar-refractivity contribution is -0.299. The first-order chi connectivity index (χ1) is 10.0. The van der Waals surface area contributed by atoms with E-state index < -0.39 is 43.4 Å². The zero-order valence-corrected chi connectivity index (χ0v) is 12.2. The Hall–Kier alpha value is -0.320. The molecule has 1 heterocycles. The molecule has 8 nitrogen and oxygen atoms in total. The van der Waals surface area contributed by atoms with E-state index in [1.807, 2.05) is 6.92 Å². The predicted molar refractivity (Wildman–Crippen MR) is 71.5 cm³/mol. The SMILES string of the molecule is CCCCOCC(O)CO[C@@H]1[C@@H](O)[C@H](O)[C@@H](CO)O[C@H]1O. The van der Waals surface area contributed by atoms with Gasteiger partial charge in [-0.1, -0.05) is 13.3 Å². The van der Waals surface area contributed by atoms with Crippen molar-refractivity contribution in [1.29, 1.82) is 0 Å². The van der Waals surface area contributed by atoms with Gasteiger partial charge in [0.25, 0.3) is 0 Å². The van der Waals surface area contributed by atoms with Crippen LogP contribution in [0.3, 0.4) is 0 Å². The highest BCUT2D eigenvalue weighted by molar-refractivity contribution is 4.89. The van der Waals surface area contributed by atoms with Crippen molar-refractivity contribution >= 4 is 0 Å². The molecule has 0 saturated carbocycles. The Labute approximate surface area is 123 Å². The maximum Gasteiger partial charge on any atom is 0.184 e. The molecular formula is C13H26O8. The van der Waals surface area contributed by atoms with Crippen molar-refractivity contribution in [3.8, 4) is 0 Å². The number of aliphatic hydroxyl groups is 5. The van der Waals surface area contributed by atoms with Crippen LogP contribution in [0.2, 0.25) is 0 Å². The minimum Gasteiger partial charge on any atom is -0.394 e. The lowest BCUT2D eigenvalue weighted by Crippen LogP contribution is -2.59. The summed E-state index contributed by atoms with van der Waals surface area (Å²) in [6.07, 6.45) is -5.57. The van der Waals surface area contributed by atoms with Crippen LogP contribution in [-0.2, 0) is 14.2 Å². The molecule has 5 N–H and O–H groups in total. The second kappa shape index (κ2) is 9.65. The number of hydrogen-bond acceptors (Lipinski definition) is 8. The lowest BCUT2D eigenvalue weighted by Gasteiger charge is -2.40. The number of ether oxygens (including phenoxy) is 3. The molecule has 1 aliphatic heterocycles. The van der Waals surface area contributed by atoms with Crippen LogP contribution in [0, 0.1) is 0 Å². The average Bonchev–Trinajstić information content (AvgIpc) is 2.47. The van der Waals surface area contributed by atoms with Gasteiger partial charge in [0.15, 0.2) is 6.29 Å². The molecule has 1 rings (SSSR count). The number of hydrogen-bond donors (Lipinski definition) is 5. The van der Waals surface area contributed by atoms with Gasteiger partial charge in [0.1, 0.15) is 30.5 Å². The molecule has 21 heavy (non-hydrogen) atoms. The normalized spacial score (nSPS) is 34.9. The molecule has 0 aromatic rings. The lowest BCUT2D eigenvalue weighted by atomic mass is 9.99. The maximum atomic E-state index is 9.83. The highest BCUT2D eigenvalue weighted by atomic mass is 16.7. The smallest absolute Gasteiger partial charge is 0.184 e. The molecule has 0 aliphatic carbocycles. The summed E-state index contributed by atoms with van der Waals surface area (Å²) in [7, 11) is 0. The van der Waals surface area contributed by atoms with Gasteiger partial charge < -0.3 is 39.7 Å². The van der Waals surface area contributed by atoms with E-state index in [0.29, 0.717) is 6.61 Å². The van der Waals surface area contributed by atoms with Crippen molar-refractivity contribution in [2.24, 2.45) is 0 Å². The zero-order valence-electron chi connectivity index (χ0n) is 12.2. The van der Waals surface area contributed by atoms with Crippen LogP contribution in [0.4, 0.5) is 0 Å². The van der Waals surface area contributed by atoms with Crippen LogP contribution in [0.15, 0.2) is 0 Å². The van der Waals surface area contributed by atoms with Crippen LogP contribution in [0.25, 0.3) is 0 Å². The second-order valence-electron chi connectivity index (χ2n) is 5.11. The quantitative estimate of drug-likeness (QED) is 0.309. The van der Waals surface area contributed by atoms with Gasteiger partial charge in [-0.3, -0.25) is 0 Å². The van der Waals surface area contributed by atoms with Crippen molar-refractivity contribution in [2.45, 2.75) is 56.6 Å². The zero-order chi connectivity index (χ0) is 15.8. The van der Waals surface area contributed by atoms with E-state index in [4.69, 9.17) is 19.3 Å². The van der Waals surface area contributed by atoms with Crippen molar-refractivity contribution in [1.82, 2.24) is 0 Å². The van der Waals surface area contributed by atoms with Gasteiger partial charge >= 0.3 is 0 Å². The van der Waals surface area contributed by atoms with Gasteiger partial charge in [-0.15, -0.1) is 0 Å². The molecule has 1 saturated heterocycles. The highest BCUT2D eigenvalue weighted by Gasteiger charge is 2.44. The van der Waals surface area contributed by atoms with E-state index in [0.717, 1.165) is 12.8 Å². The Balaban J connectivity index is 2.33. The van der Waals surface area contributed by atoms with E-state index in [1.165, 1.54) is 0 Å².